The van der Waals surface area contributed by atoms with E-state index in [9.17, 15) is 0 Å². The molecule has 0 atom stereocenters. The van der Waals surface area contributed by atoms with Gasteiger partial charge in [-0.2, -0.15) is 0 Å². The van der Waals surface area contributed by atoms with Crippen LogP contribution in [0.15, 0.2) is 0 Å². The summed E-state index contributed by atoms with van der Waals surface area (Å²) in [6, 6.07) is 0. The molecule has 0 aromatic heterocycles. The zero-order chi connectivity index (χ0) is 28.9. The van der Waals surface area contributed by atoms with Gasteiger partial charge in [-0.25, -0.2) is 0 Å². The van der Waals surface area contributed by atoms with Gasteiger partial charge in [0, 0.05) is 0 Å². The molecule has 252 valence electrons. The van der Waals surface area contributed by atoms with Gasteiger partial charge in [-0.15, -0.1) is 0 Å². The first-order chi connectivity index (χ1) is 18.8. The molecule has 0 aliphatic heterocycles. The Balaban J connectivity index is -0.00000722. The highest BCUT2D eigenvalue weighted by Gasteiger charge is 2.15. The predicted octanol–water partition coefficient (Wildman–Crippen LogP) is 5.72. The number of hydrogen-bond acceptors (Lipinski definition) is 0. The number of nitrogens with zero attached hydrogens (tertiary/aromatic N) is 2. The molecule has 0 radical (unpaired) electrons. The highest BCUT2D eigenvalue weighted by Crippen LogP contribution is 2.15. The molecular weight excluding hydrogens is 632 g/mol. The lowest BCUT2D eigenvalue weighted by molar-refractivity contribution is -0.890. The molecule has 0 amide bonds. The molecule has 0 unspecified atom stereocenters. The van der Waals surface area contributed by atoms with E-state index in [1.165, 1.54) is 209 Å². The topological polar surface area (TPSA) is 0 Å². The number of halogens is 2. The van der Waals surface area contributed by atoms with Gasteiger partial charge in [0.05, 0.1) is 54.4 Å². The number of hydrogen-bond donors (Lipinski definition) is 0. The molecular formula is C37H80Br2N2. The van der Waals surface area contributed by atoms with Crippen LogP contribution in [0.25, 0.3) is 0 Å². The maximum absolute atomic E-state index is 2.46. The predicted molar refractivity (Wildman–Crippen MR) is 180 cm³/mol. The Morgan fingerprint density at radius 1 is 0.244 bits per heavy atom. The zero-order valence-corrected chi connectivity index (χ0v) is 32.7. The minimum atomic E-state index is 0. The summed E-state index contributed by atoms with van der Waals surface area (Å²) in [5.74, 6) is 0. The summed E-state index contributed by atoms with van der Waals surface area (Å²) in [5.41, 5.74) is 0. The summed E-state index contributed by atoms with van der Waals surface area (Å²) in [5, 5.41) is 0. The SMILES string of the molecule is CCCCCCCCCCCC[N+](C)(C)CCCCCCCCC[N+](C)(C)CCCCCCCCCCCC.[Br-].[Br-]. The third-order valence-electron chi connectivity index (χ3n) is 9.26. The molecule has 0 aliphatic rings. The molecule has 0 aromatic rings. The van der Waals surface area contributed by atoms with Crippen LogP contribution in [0.5, 0.6) is 0 Å². The molecule has 0 saturated heterocycles. The van der Waals surface area contributed by atoms with Crippen molar-refractivity contribution < 1.29 is 42.9 Å². The molecule has 0 aromatic carbocycles. The van der Waals surface area contributed by atoms with Crippen molar-refractivity contribution in [2.24, 2.45) is 0 Å². The Kier molecular flexibility index (Phi) is 38.1. The average Bonchev–Trinajstić information content (AvgIpc) is 2.89. The molecule has 2 nitrogen and oxygen atoms in total. The minimum absolute atomic E-state index is 0. The number of rotatable bonds is 32. The summed E-state index contributed by atoms with van der Waals surface area (Å²) in [4.78, 5) is 0. The maximum atomic E-state index is 2.46. The van der Waals surface area contributed by atoms with E-state index >= 15 is 0 Å². The summed E-state index contributed by atoms with van der Waals surface area (Å²) in [6.07, 6.45) is 39.0. The lowest BCUT2D eigenvalue weighted by atomic mass is 10.1. The maximum Gasteiger partial charge on any atom is 0.0782 e. The zero-order valence-electron chi connectivity index (χ0n) is 29.6. The smallest absolute Gasteiger partial charge is 0.0782 e. The van der Waals surface area contributed by atoms with Crippen LogP contribution in [-0.4, -0.2) is 63.3 Å². The van der Waals surface area contributed by atoms with E-state index in [1.807, 2.05) is 0 Å². The molecule has 0 rings (SSSR count). The van der Waals surface area contributed by atoms with Gasteiger partial charge >= 0.3 is 0 Å². The third kappa shape index (κ3) is 37.0. The summed E-state index contributed by atoms with van der Waals surface area (Å²) >= 11 is 0. The fourth-order valence-electron chi connectivity index (χ4n) is 6.24. The van der Waals surface area contributed by atoms with Crippen molar-refractivity contribution in [3.05, 3.63) is 0 Å². The van der Waals surface area contributed by atoms with Crippen molar-refractivity contribution in [3.8, 4) is 0 Å². The Morgan fingerprint density at radius 2 is 0.390 bits per heavy atom. The summed E-state index contributed by atoms with van der Waals surface area (Å²) < 4.78 is 2.48. The quantitative estimate of drug-likeness (QED) is 0.0619. The van der Waals surface area contributed by atoms with Crippen molar-refractivity contribution >= 4 is 0 Å². The number of quaternary nitrogens is 2. The van der Waals surface area contributed by atoms with Crippen molar-refractivity contribution in [1.82, 2.24) is 0 Å². The fraction of sp³-hybridized carbons (Fsp3) is 1.00. The molecule has 0 saturated carbocycles. The minimum Gasteiger partial charge on any atom is -1.00 e. The van der Waals surface area contributed by atoms with E-state index in [0.717, 1.165) is 0 Å². The second-order valence-electron chi connectivity index (χ2n) is 14.6. The third-order valence-corrected chi connectivity index (χ3v) is 9.26. The van der Waals surface area contributed by atoms with Gasteiger partial charge in [-0.1, -0.05) is 136 Å². The van der Waals surface area contributed by atoms with E-state index < -0.39 is 0 Å². The molecule has 0 heterocycles. The normalized spacial score (nSPS) is 11.9. The average molecular weight is 713 g/mol. The Labute approximate surface area is 283 Å². The lowest BCUT2D eigenvalue weighted by Crippen LogP contribution is -3.00. The molecule has 0 bridgehead atoms. The highest BCUT2D eigenvalue weighted by molar-refractivity contribution is 4.51. The van der Waals surface area contributed by atoms with E-state index in [-0.39, 0.29) is 34.0 Å². The second kappa shape index (κ2) is 33.8. The van der Waals surface area contributed by atoms with Crippen molar-refractivity contribution in [2.45, 2.75) is 187 Å². The van der Waals surface area contributed by atoms with Crippen molar-refractivity contribution in [1.29, 1.82) is 0 Å². The first-order valence-electron chi connectivity index (χ1n) is 18.5. The molecule has 0 N–H and O–H groups in total. The van der Waals surface area contributed by atoms with Gasteiger partial charge in [0.2, 0.25) is 0 Å². The van der Waals surface area contributed by atoms with Crippen LogP contribution in [0.1, 0.15) is 187 Å². The van der Waals surface area contributed by atoms with Gasteiger partial charge in [0.15, 0.2) is 0 Å². The monoisotopic (exact) mass is 710 g/mol. The Bertz CT molecular complexity index is 440. The van der Waals surface area contributed by atoms with Gasteiger partial charge in [0.25, 0.3) is 0 Å². The first kappa shape index (κ1) is 46.3. The van der Waals surface area contributed by atoms with E-state index in [4.69, 9.17) is 0 Å². The molecule has 0 fully saturated rings. The van der Waals surface area contributed by atoms with Crippen LogP contribution in [0.2, 0.25) is 0 Å². The van der Waals surface area contributed by atoms with Crippen LogP contribution in [-0.2, 0) is 0 Å². The van der Waals surface area contributed by atoms with Gasteiger partial charge in [0.1, 0.15) is 0 Å². The highest BCUT2D eigenvalue weighted by atomic mass is 79.9. The van der Waals surface area contributed by atoms with Crippen molar-refractivity contribution in [3.63, 3.8) is 0 Å². The molecule has 41 heavy (non-hydrogen) atoms. The summed E-state index contributed by atoms with van der Waals surface area (Å²) in [7, 11) is 9.85. The van der Waals surface area contributed by atoms with Gasteiger partial charge in [-0.3, -0.25) is 0 Å². The van der Waals surface area contributed by atoms with Crippen LogP contribution in [0.3, 0.4) is 0 Å². The van der Waals surface area contributed by atoms with Gasteiger partial charge in [-0.05, 0) is 51.4 Å². The van der Waals surface area contributed by atoms with Crippen LogP contribution in [0.4, 0.5) is 0 Å². The van der Waals surface area contributed by atoms with E-state index in [1.54, 1.807) is 0 Å². The van der Waals surface area contributed by atoms with Crippen molar-refractivity contribution in [2.75, 3.05) is 54.4 Å². The summed E-state index contributed by atoms with van der Waals surface area (Å²) in [6.45, 7) is 10.1. The van der Waals surface area contributed by atoms with E-state index in [0.29, 0.717) is 0 Å². The molecule has 0 aliphatic carbocycles. The van der Waals surface area contributed by atoms with Crippen LogP contribution < -0.4 is 34.0 Å². The Morgan fingerprint density at radius 3 is 0.561 bits per heavy atom. The van der Waals surface area contributed by atoms with E-state index in [2.05, 4.69) is 42.0 Å². The molecule has 0 spiro atoms. The fourth-order valence-corrected chi connectivity index (χ4v) is 6.24. The largest absolute Gasteiger partial charge is 1.00 e. The molecule has 4 heteroatoms. The van der Waals surface area contributed by atoms with Crippen LogP contribution in [0, 0.1) is 0 Å². The van der Waals surface area contributed by atoms with Crippen LogP contribution >= 0.6 is 0 Å². The first-order valence-corrected chi connectivity index (χ1v) is 18.5. The second-order valence-corrected chi connectivity index (χ2v) is 14.6. The lowest BCUT2D eigenvalue weighted by Gasteiger charge is -2.30. The standard InChI is InChI=1S/C37H80N2.2BrH/c1-7-9-11-13-15-17-19-22-26-30-34-38(3,4)36-32-28-24-21-25-29-33-37-39(5,6)35-31-27-23-20-18-16-14-12-10-8-2;;/h7-37H2,1-6H3;2*1H/q+2;;/p-2. The number of unbranched alkanes of at least 4 members (excludes halogenated alkanes) is 24. The Hall–Kier alpha value is 0.880. The van der Waals surface area contributed by atoms with Gasteiger partial charge < -0.3 is 42.9 Å².